The Morgan fingerprint density at radius 3 is 2.06 bits per heavy atom. The first-order valence-corrected chi connectivity index (χ1v) is 7.55. The highest BCUT2D eigenvalue weighted by Gasteiger charge is 2.45. The molecule has 1 aliphatic rings. The van der Waals surface area contributed by atoms with Crippen LogP contribution in [0.1, 0.15) is 48.5 Å². The van der Waals surface area contributed by atoms with Gasteiger partial charge in [-0.2, -0.15) is 0 Å². The van der Waals surface area contributed by atoms with Gasteiger partial charge in [0.25, 0.3) is 0 Å². The Morgan fingerprint density at radius 2 is 1.61 bits per heavy atom. The van der Waals surface area contributed by atoms with Crippen molar-refractivity contribution in [2.24, 2.45) is 0 Å². The molecule has 1 unspecified atom stereocenters. The second-order valence-corrected chi connectivity index (χ2v) is 8.56. The third-order valence-electron chi connectivity index (χ3n) is 2.69. The van der Waals surface area contributed by atoms with Crippen LogP contribution in [0.4, 0.5) is 4.39 Å². The molecular formula is C14H27FO2S. The number of thioether (sulfide) groups is 1. The number of rotatable bonds is 3. The Balaban J connectivity index is 2.64. The van der Waals surface area contributed by atoms with E-state index in [1.54, 1.807) is 11.8 Å². The molecule has 0 saturated carbocycles. The van der Waals surface area contributed by atoms with Gasteiger partial charge in [0.2, 0.25) is 0 Å². The predicted molar refractivity (Wildman–Crippen MR) is 76.1 cm³/mol. The van der Waals surface area contributed by atoms with Crippen molar-refractivity contribution in [1.29, 1.82) is 0 Å². The molecule has 0 aliphatic carbocycles. The van der Waals surface area contributed by atoms with Crippen LogP contribution in [0.3, 0.4) is 0 Å². The fourth-order valence-corrected chi connectivity index (χ4v) is 3.28. The zero-order valence-electron chi connectivity index (χ0n) is 12.6. The van der Waals surface area contributed by atoms with Crippen LogP contribution in [0.2, 0.25) is 0 Å². The first kappa shape index (κ1) is 16.3. The van der Waals surface area contributed by atoms with Crippen molar-refractivity contribution in [2.45, 2.75) is 82.4 Å². The Kier molecular flexibility index (Phi) is 5.13. The van der Waals surface area contributed by atoms with E-state index in [0.29, 0.717) is 6.61 Å². The molecular weight excluding hydrogens is 251 g/mol. The van der Waals surface area contributed by atoms with Gasteiger partial charge in [-0.05, 0) is 41.5 Å². The van der Waals surface area contributed by atoms with E-state index in [9.17, 15) is 4.39 Å². The number of halogens is 1. The van der Waals surface area contributed by atoms with Crippen LogP contribution in [0.5, 0.6) is 0 Å². The highest BCUT2D eigenvalue weighted by atomic mass is 32.2. The van der Waals surface area contributed by atoms with Crippen molar-refractivity contribution >= 4 is 11.8 Å². The van der Waals surface area contributed by atoms with Gasteiger partial charge in [-0.1, -0.05) is 6.92 Å². The summed E-state index contributed by atoms with van der Waals surface area (Å²) in [5.74, 6) is 0. The summed E-state index contributed by atoms with van der Waals surface area (Å²) >= 11 is 1.64. The number of alkyl halides is 1. The van der Waals surface area contributed by atoms with E-state index >= 15 is 0 Å². The van der Waals surface area contributed by atoms with E-state index in [4.69, 9.17) is 9.47 Å². The molecule has 0 aromatic heterocycles. The van der Waals surface area contributed by atoms with Gasteiger partial charge in [-0.25, -0.2) is 4.39 Å². The fraction of sp³-hybridized carbons (Fsp3) is 1.00. The number of hydrogen-bond acceptors (Lipinski definition) is 3. The maximum atomic E-state index is 14.2. The van der Waals surface area contributed by atoms with Crippen LogP contribution in [-0.2, 0) is 9.47 Å². The average molecular weight is 278 g/mol. The standard InChI is InChI=1S/C14H27FO2S/c1-9-11(15)12(17-14(5,6)7)10(18-9)8-16-13(2,3)4/h9-12H,8H2,1-7H3/t9-,10+,11-,12?/m0/s1. The van der Waals surface area contributed by atoms with Crippen molar-refractivity contribution in [2.75, 3.05) is 6.61 Å². The minimum Gasteiger partial charge on any atom is -0.375 e. The van der Waals surface area contributed by atoms with Gasteiger partial charge in [-0.15, -0.1) is 11.8 Å². The van der Waals surface area contributed by atoms with Crippen molar-refractivity contribution in [3.05, 3.63) is 0 Å². The summed E-state index contributed by atoms with van der Waals surface area (Å²) in [6.07, 6.45) is -1.28. The monoisotopic (exact) mass is 278 g/mol. The molecule has 0 aromatic rings. The highest BCUT2D eigenvalue weighted by molar-refractivity contribution is 8.00. The third kappa shape index (κ3) is 5.06. The van der Waals surface area contributed by atoms with Gasteiger partial charge >= 0.3 is 0 Å². The van der Waals surface area contributed by atoms with E-state index in [1.807, 2.05) is 48.5 Å². The summed E-state index contributed by atoms with van der Waals surface area (Å²) in [4.78, 5) is 0. The van der Waals surface area contributed by atoms with Crippen LogP contribution in [0, 0.1) is 0 Å². The Hall–Kier alpha value is 0.200. The summed E-state index contributed by atoms with van der Waals surface area (Å²) in [6, 6.07) is 0. The van der Waals surface area contributed by atoms with Crippen LogP contribution in [-0.4, -0.2) is 40.6 Å². The molecule has 0 spiro atoms. The Labute approximate surface area is 115 Å². The normalized spacial score (nSPS) is 34.0. The minimum atomic E-state index is -0.914. The van der Waals surface area contributed by atoms with Crippen LogP contribution in [0.15, 0.2) is 0 Å². The fourth-order valence-electron chi connectivity index (χ4n) is 1.92. The second-order valence-electron chi connectivity index (χ2n) is 6.94. The van der Waals surface area contributed by atoms with Crippen LogP contribution >= 0.6 is 11.8 Å². The molecule has 4 atom stereocenters. The SMILES string of the molecule is C[C@@H]1S[C@H](COC(C)(C)C)C(OC(C)(C)C)[C@H]1F. The molecule has 108 valence electrons. The lowest BCUT2D eigenvalue weighted by Gasteiger charge is -2.30. The Morgan fingerprint density at radius 1 is 1.06 bits per heavy atom. The van der Waals surface area contributed by atoms with Crippen molar-refractivity contribution in [3.63, 3.8) is 0 Å². The molecule has 0 amide bonds. The van der Waals surface area contributed by atoms with Gasteiger partial charge < -0.3 is 9.47 Å². The van der Waals surface area contributed by atoms with Crippen LogP contribution < -0.4 is 0 Å². The molecule has 4 heteroatoms. The van der Waals surface area contributed by atoms with E-state index in [2.05, 4.69) is 0 Å². The molecule has 1 aliphatic heterocycles. The van der Waals surface area contributed by atoms with E-state index in [1.165, 1.54) is 0 Å². The van der Waals surface area contributed by atoms with Crippen molar-refractivity contribution < 1.29 is 13.9 Å². The summed E-state index contributed by atoms with van der Waals surface area (Å²) in [5, 5.41) is 0.0550. The zero-order chi connectivity index (χ0) is 14.1. The van der Waals surface area contributed by atoms with E-state index in [0.717, 1.165) is 0 Å². The first-order chi connectivity index (χ1) is 7.99. The van der Waals surface area contributed by atoms with E-state index in [-0.39, 0.29) is 27.8 Å². The van der Waals surface area contributed by atoms with Gasteiger partial charge in [-0.3, -0.25) is 0 Å². The van der Waals surface area contributed by atoms with Gasteiger partial charge in [0.05, 0.1) is 23.1 Å². The van der Waals surface area contributed by atoms with Gasteiger partial charge in [0.15, 0.2) is 0 Å². The summed E-state index contributed by atoms with van der Waals surface area (Å²) in [6.45, 7) is 14.4. The average Bonchev–Trinajstić information content (AvgIpc) is 2.39. The third-order valence-corrected chi connectivity index (χ3v) is 4.13. The molecule has 1 saturated heterocycles. The molecule has 0 bridgehead atoms. The molecule has 0 radical (unpaired) electrons. The number of ether oxygens (including phenoxy) is 2. The van der Waals surface area contributed by atoms with Crippen LogP contribution in [0.25, 0.3) is 0 Å². The van der Waals surface area contributed by atoms with Crippen molar-refractivity contribution in [1.82, 2.24) is 0 Å². The maximum Gasteiger partial charge on any atom is 0.139 e. The molecule has 1 rings (SSSR count). The zero-order valence-corrected chi connectivity index (χ0v) is 13.4. The lowest BCUT2D eigenvalue weighted by molar-refractivity contribution is -0.100. The van der Waals surface area contributed by atoms with E-state index < -0.39 is 6.17 Å². The summed E-state index contributed by atoms with van der Waals surface area (Å²) in [7, 11) is 0. The highest BCUT2D eigenvalue weighted by Crippen LogP contribution is 2.40. The second kappa shape index (κ2) is 5.68. The molecule has 1 heterocycles. The Bertz CT molecular complexity index is 270. The van der Waals surface area contributed by atoms with Crippen molar-refractivity contribution in [3.8, 4) is 0 Å². The summed E-state index contributed by atoms with van der Waals surface area (Å²) in [5.41, 5.74) is -0.510. The maximum absolute atomic E-state index is 14.2. The smallest absolute Gasteiger partial charge is 0.139 e. The summed E-state index contributed by atoms with van der Waals surface area (Å²) < 4.78 is 25.9. The lowest BCUT2D eigenvalue weighted by atomic mass is 10.1. The lowest BCUT2D eigenvalue weighted by Crippen LogP contribution is -2.40. The minimum absolute atomic E-state index is 0.0223. The quantitative estimate of drug-likeness (QED) is 0.782. The molecule has 0 N–H and O–H groups in total. The molecule has 0 aromatic carbocycles. The molecule has 18 heavy (non-hydrogen) atoms. The first-order valence-electron chi connectivity index (χ1n) is 6.61. The molecule has 1 fully saturated rings. The molecule has 2 nitrogen and oxygen atoms in total. The van der Waals surface area contributed by atoms with Gasteiger partial charge in [0, 0.05) is 5.25 Å². The topological polar surface area (TPSA) is 18.5 Å². The number of hydrogen-bond donors (Lipinski definition) is 0. The predicted octanol–water partition coefficient (Wildman–Crippen LogP) is 3.83. The largest absolute Gasteiger partial charge is 0.375 e. The van der Waals surface area contributed by atoms with Gasteiger partial charge in [0.1, 0.15) is 12.3 Å².